The van der Waals surface area contributed by atoms with E-state index in [1.807, 2.05) is 6.92 Å². The molecule has 0 aliphatic carbocycles. The fourth-order valence-corrected chi connectivity index (χ4v) is 2.69. The molecule has 19 heavy (non-hydrogen) atoms. The first kappa shape index (κ1) is 16.3. The average Bonchev–Trinajstić information content (AvgIpc) is 2.34. The van der Waals surface area contributed by atoms with Gasteiger partial charge in [0.15, 0.2) is 0 Å². The molecule has 2 nitrogen and oxygen atoms in total. The van der Waals surface area contributed by atoms with E-state index in [0.717, 1.165) is 25.8 Å². The third-order valence-electron chi connectivity index (χ3n) is 3.69. The highest BCUT2D eigenvalue weighted by Crippen LogP contribution is 2.23. The van der Waals surface area contributed by atoms with Crippen molar-refractivity contribution in [3.05, 3.63) is 35.4 Å². The number of hydrogen-bond donors (Lipinski definition) is 1. The molecular weight excluding hydrogens is 270 g/mol. The molecule has 0 amide bonds. The molecule has 1 heterocycles. The Hall–Kier alpha value is -0.710. The van der Waals surface area contributed by atoms with Crippen molar-refractivity contribution in [3.8, 4) is 0 Å². The van der Waals surface area contributed by atoms with Gasteiger partial charge in [-0.05, 0) is 38.4 Å². The summed E-state index contributed by atoms with van der Waals surface area (Å²) in [6.07, 6.45) is 3.22. The summed E-state index contributed by atoms with van der Waals surface area (Å²) < 4.78 is 27.3. The molecule has 1 fully saturated rings. The zero-order valence-corrected chi connectivity index (χ0v) is 11.9. The van der Waals surface area contributed by atoms with Crippen molar-refractivity contribution in [3.63, 3.8) is 0 Å². The Morgan fingerprint density at radius 2 is 1.95 bits per heavy atom. The molecule has 2 unspecified atom stereocenters. The second-order valence-corrected chi connectivity index (χ2v) is 5.09. The molecule has 1 aromatic carbocycles. The summed E-state index contributed by atoms with van der Waals surface area (Å²) >= 11 is 0. The van der Waals surface area contributed by atoms with Gasteiger partial charge in [-0.25, -0.2) is 8.78 Å². The van der Waals surface area contributed by atoms with E-state index < -0.39 is 11.6 Å². The van der Waals surface area contributed by atoms with E-state index in [4.69, 9.17) is 5.73 Å². The van der Waals surface area contributed by atoms with E-state index in [1.165, 1.54) is 18.2 Å². The van der Waals surface area contributed by atoms with Gasteiger partial charge in [-0.1, -0.05) is 12.5 Å². The van der Waals surface area contributed by atoms with Crippen LogP contribution >= 0.6 is 12.4 Å². The quantitative estimate of drug-likeness (QED) is 0.927. The normalized spacial score (nSPS) is 21.8. The molecule has 1 saturated heterocycles. The van der Waals surface area contributed by atoms with Gasteiger partial charge >= 0.3 is 0 Å². The molecule has 2 rings (SSSR count). The number of halogens is 3. The van der Waals surface area contributed by atoms with E-state index >= 15 is 0 Å². The van der Waals surface area contributed by atoms with E-state index in [-0.39, 0.29) is 30.1 Å². The van der Waals surface area contributed by atoms with Crippen LogP contribution in [0.4, 0.5) is 8.78 Å². The lowest BCUT2D eigenvalue weighted by Gasteiger charge is -2.38. The number of likely N-dealkylation sites (tertiary alicyclic amines) is 1. The lowest BCUT2D eigenvalue weighted by molar-refractivity contribution is 0.120. The fourth-order valence-electron chi connectivity index (χ4n) is 2.69. The SMILES string of the molecule is CC(N)C1CCCCN1Cc1c(F)cccc1F.Cl. The van der Waals surface area contributed by atoms with E-state index in [0.29, 0.717) is 6.54 Å². The Balaban J connectivity index is 0.00000180. The van der Waals surface area contributed by atoms with E-state index in [2.05, 4.69) is 4.90 Å². The van der Waals surface area contributed by atoms with Crippen LogP contribution in [0.2, 0.25) is 0 Å². The minimum absolute atomic E-state index is 0. The minimum Gasteiger partial charge on any atom is -0.327 e. The van der Waals surface area contributed by atoms with Gasteiger partial charge in [-0.3, -0.25) is 4.90 Å². The van der Waals surface area contributed by atoms with Gasteiger partial charge in [0.25, 0.3) is 0 Å². The maximum Gasteiger partial charge on any atom is 0.130 e. The molecule has 1 aliphatic rings. The second-order valence-electron chi connectivity index (χ2n) is 5.09. The third-order valence-corrected chi connectivity index (χ3v) is 3.69. The molecule has 0 saturated carbocycles. The molecule has 2 N–H and O–H groups in total. The first-order valence-electron chi connectivity index (χ1n) is 6.52. The summed E-state index contributed by atoms with van der Waals surface area (Å²) in [5.74, 6) is -0.937. The van der Waals surface area contributed by atoms with E-state index in [1.54, 1.807) is 0 Å². The topological polar surface area (TPSA) is 29.3 Å². The zero-order valence-electron chi connectivity index (χ0n) is 11.1. The fraction of sp³-hybridized carbons (Fsp3) is 0.571. The van der Waals surface area contributed by atoms with Gasteiger partial charge in [-0.2, -0.15) is 0 Å². The Morgan fingerprint density at radius 3 is 2.53 bits per heavy atom. The van der Waals surface area contributed by atoms with Crippen LogP contribution in [0, 0.1) is 11.6 Å². The summed E-state index contributed by atoms with van der Waals surface area (Å²) in [5, 5.41) is 0. The molecule has 1 aliphatic heterocycles. The molecule has 0 bridgehead atoms. The predicted molar refractivity (Wildman–Crippen MR) is 75.3 cm³/mol. The van der Waals surface area contributed by atoms with Gasteiger partial charge < -0.3 is 5.73 Å². The van der Waals surface area contributed by atoms with Crippen LogP contribution in [-0.2, 0) is 6.54 Å². The van der Waals surface area contributed by atoms with Crippen LogP contribution in [0.25, 0.3) is 0 Å². The first-order valence-corrected chi connectivity index (χ1v) is 6.52. The summed E-state index contributed by atoms with van der Waals surface area (Å²) in [5.41, 5.74) is 6.12. The molecule has 2 atom stereocenters. The molecule has 0 radical (unpaired) electrons. The van der Waals surface area contributed by atoms with Crippen LogP contribution < -0.4 is 5.73 Å². The number of piperidine rings is 1. The second kappa shape index (κ2) is 7.17. The molecule has 5 heteroatoms. The number of rotatable bonds is 3. The Labute approximate surface area is 119 Å². The maximum atomic E-state index is 13.6. The molecule has 1 aromatic rings. The smallest absolute Gasteiger partial charge is 0.130 e. The van der Waals surface area contributed by atoms with Gasteiger partial charge in [0.05, 0.1) is 0 Å². The Bertz CT molecular complexity index is 392. The number of nitrogens with two attached hydrogens (primary N) is 1. The highest BCUT2D eigenvalue weighted by atomic mass is 35.5. The van der Waals surface area contributed by atoms with Gasteiger partial charge in [0, 0.05) is 24.2 Å². The maximum absolute atomic E-state index is 13.6. The third kappa shape index (κ3) is 3.88. The molecule has 0 aromatic heterocycles. The van der Waals surface area contributed by atoms with E-state index in [9.17, 15) is 8.78 Å². The summed E-state index contributed by atoms with van der Waals surface area (Å²) in [6.45, 7) is 3.13. The van der Waals surface area contributed by atoms with Crippen LogP contribution in [0.3, 0.4) is 0 Å². The Morgan fingerprint density at radius 1 is 1.32 bits per heavy atom. The summed E-state index contributed by atoms with van der Waals surface area (Å²) in [4.78, 5) is 2.11. The Kier molecular flexibility index (Phi) is 6.17. The summed E-state index contributed by atoms with van der Waals surface area (Å²) in [6, 6.07) is 4.26. The standard InChI is InChI=1S/C14H20F2N2.ClH/c1-10(17)14-7-2-3-8-18(14)9-11-12(15)5-4-6-13(11)16;/h4-6,10,14H,2-3,7-9,17H2,1H3;1H. The first-order chi connectivity index (χ1) is 8.59. The highest BCUT2D eigenvalue weighted by molar-refractivity contribution is 5.85. The van der Waals surface area contributed by atoms with Crippen molar-refractivity contribution in [2.45, 2.75) is 44.8 Å². The number of hydrogen-bond acceptors (Lipinski definition) is 2. The monoisotopic (exact) mass is 290 g/mol. The van der Waals surface area contributed by atoms with Crippen molar-refractivity contribution >= 4 is 12.4 Å². The number of nitrogens with zero attached hydrogens (tertiary/aromatic N) is 1. The number of benzene rings is 1. The van der Waals surface area contributed by atoms with Crippen molar-refractivity contribution in [1.82, 2.24) is 4.90 Å². The zero-order chi connectivity index (χ0) is 13.1. The van der Waals surface area contributed by atoms with Crippen molar-refractivity contribution in [2.75, 3.05) is 6.54 Å². The molecule has 108 valence electrons. The van der Waals surface area contributed by atoms with Crippen molar-refractivity contribution in [1.29, 1.82) is 0 Å². The van der Waals surface area contributed by atoms with Crippen molar-refractivity contribution in [2.24, 2.45) is 5.73 Å². The average molecular weight is 291 g/mol. The predicted octanol–water partition coefficient (Wildman–Crippen LogP) is 3.09. The molecule has 0 spiro atoms. The van der Waals surface area contributed by atoms with Crippen LogP contribution in [0.1, 0.15) is 31.7 Å². The van der Waals surface area contributed by atoms with Crippen molar-refractivity contribution < 1.29 is 8.78 Å². The lowest BCUT2D eigenvalue weighted by atomic mass is 9.96. The van der Waals surface area contributed by atoms with Gasteiger partial charge in [0.2, 0.25) is 0 Å². The summed E-state index contributed by atoms with van der Waals surface area (Å²) in [7, 11) is 0. The minimum atomic E-state index is -0.469. The highest BCUT2D eigenvalue weighted by Gasteiger charge is 2.26. The van der Waals surface area contributed by atoms with Crippen LogP contribution in [0.15, 0.2) is 18.2 Å². The van der Waals surface area contributed by atoms with Crippen LogP contribution in [0.5, 0.6) is 0 Å². The van der Waals surface area contributed by atoms with Crippen LogP contribution in [-0.4, -0.2) is 23.5 Å². The molecular formula is C14H21ClF2N2. The van der Waals surface area contributed by atoms with Gasteiger partial charge in [0.1, 0.15) is 11.6 Å². The lowest BCUT2D eigenvalue weighted by Crippen LogP contribution is -2.48. The van der Waals surface area contributed by atoms with Gasteiger partial charge in [-0.15, -0.1) is 12.4 Å². The largest absolute Gasteiger partial charge is 0.327 e.